The van der Waals surface area contributed by atoms with Gasteiger partial charge in [0.1, 0.15) is 6.17 Å². The smallest absolute Gasteiger partial charge is 0.214 e. The van der Waals surface area contributed by atoms with Crippen molar-refractivity contribution in [1.29, 1.82) is 0 Å². The van der Waals surface area contributed by atoms with Crippen molar-refractivity contribution in [2.24, 2.45) is 0 Å². The van der Waals surface area contributed by atoms with Gasteiger partial charge in [-0.05, 0) is 36.6 Å². The van der Waals surface area contributed by atoms with E-state index in [1.54, 1.807) is 50.5 Å². The number of nitrogens with zero attached hydrogens (tertiary/aromatic N) is 1. The first-order valence-corrected chi connectivity index (χ1v) is 8.57. The van der Waals surface area contributed by atoms with Crippen LogP contribution in [0.15, 0.2) is 48.8 Å². The first-order chi connectivity index (χ1) is 10.4. The van der Waals surface area contributed by atoms with Crippen molar-refractivity contribution >= 4 is 10.0 Å². The zero-order valence-electron chi connectivity index (χ0n) is 12.5. The molecule has 0 bridgehead atoms. The van der Waals surface area contributed by atoms with E-state index in [1.807, 2.05) is 12.1 Å². The number of alkyl halides is 1. The molecule has 1 aromatic carbocycles. The fraction of sp³-hybridized carbons (Fsp3) is 0.312. The second kappa shape index (κ2) is 6.98. The Labute approximate surface area is 130 Å². The van der Waals surface area contributed by atoms with Crippen molar-refractivity contribution in [1.82, 2.24) is 9.71 Å². The second-order valence-electron chi connectivity index (χ2n) is 5.27. The quantitative estimate of drug-likeness (QED) is 0.889. The van der Waals surface area contributed by atoms with Gasteiger partial charge in [-0.15, -0.1) is 0 Å². The van der Waals surface area contributed by atoms with Crippen LogP contribution in [0.1, 0.15) is 25.6 Å². The maximum Gasteiger partial charge on any atom is 0.214 e. The Morgan fingerprint density at radius 1 is 1.14 bits per heavy atom. The summed E-state index contributed by atoms with van der Waals surface area (Å²) < 4.78 is 39.7. The average Bonchev–Trinajstić information content (AvgIpc) is 2.53. The Bertz CT molecular complexity index is 701. The van der Waals surface area contributed by atoms with Crippen LogP contribution in [0.5, 0.6) is 0 Å². The van der Waals surface area contributed by atoms with Gasteiger partial charge >= 0.3 is 0 Å². The molecule has 1 atom stereocenters. The van der Waals surface area contributed by atoms with E-state index >= 15 is 0 Å². The predicted octanol–water partition coefficient (Wildman–Crippen LogP) is 3.09. The number of aromatic nitrogens is 1. The Hall–Kier alpha value is -1.79. The molecule has 0 amide bonds. The van der Waals surface area contributed by atoms with Crippen LogP contribution in [0.25, 0.3) is 11.1 Å². The van der Waals surface area contributed by atoms with E-state index in [9.17, 15) is 12.8 Å². The highest BCUT2D eigenvalue weighted by Crippen LogP contribution is 2.23. The fourth-order valence-corrected chi connectivity index (χ4v) is 2.60. The van der Waals surface area contributed by atoms with Crippen LogP contribution >= 0.6 is 0 Å². The molecule has 22 heavy (non-hydrogen) atoms. The zero-order valence-corrected chi connectivity index (χ0v) is 13.3. The lowest BCUT2D eigenvalue weighted by Gasteiger charge is -2.13. The van der Waals surface area contributed by atoms with E-state index in [4.69, 9.17) is 0 Å². The molecule has 0 saturated carbocycles. The Morgan fingerprint density at radius 2 is 1.82 bits per heavy atom. The summed E-state index contributed by atoms with van der Waals surface area (Å²) in [6, 6.07) is 10.7. The van der Waals surface area contributed by atoms with Crippen molar-refractivity contribution in [3.63, 3.8) is 0 Å². The van der Waals surface area contributed by atoms with Gasteiger partial charge in [-0.1, -0.05) is 30.3 Å². The van der Waals surface area contributed by atoms with E-state index in [-0.39, 0.29) is 6.54 Å². The Morgan fingerprint density at radius 3 is 2.36 bits per heavy atom. The molecule has 2 aromatic rings. The average molecular weight is 322 g/mol. The number of hydrogen-bond acceptors (Lipinski definition) is 3. The highest BCUT2D eigenvalue weighted by molar-refractivity contribution is 7.90. The summed E-state index contributed by atoms with van der Waals surface area (Å²) in [6.07, 6.45) is 2.05. The van der Waals surface area contributed by atoms with Gasteiger partial charge in [0, 0.05) is 18.9 Å². The Kier molecular flexibility index (Phi) is 5.26. The van der Waals surface area contributed by atoms with Crippen molar-refractivity contribution in [3.05, 3.63) is 54.4 Å². The maximum atomic E-state index is 14.1. The number of nitrogens with one attached hydrogen (secondary N) is 1. The molecule has 1 aromatic heterocycles. The van der Waals surface area contributed by atoms with Crippen molar-refractivity contribution in [3.8, 4) is 11.1 Å². The molecule has 0 spiro atoms. The van der Waals surface area contributed by atoms with Gasteiger partial charge in [-0.25, -0.2) is 17.5 Å². The van der Waals surface area contributed by atoms with E-state index in [0.717, 1.165) is 11.1 Å². The summed E-state index contributed by atoms with van der Waals surface area (Å²) in [7, 11) is -3.45. The molecule has 0 saturated heterocycles. The van der Waals surface area contributed by atoms with Crippen LogP contribution in [-0.4, -0.2) is 25.2 Å². The van der Waals surface area contributed by atoms with Crippen molar-refractivity contribution in [2.75, 3.05) is 6.54 Å². The van der Waals surface area contributed by atoms with E-state index < -0.39 is 21.4 Å². The number of rotatable bonds is 6. The second-order valence-corrected chi connectivity index (χ2v) is 7.59. The number of benzene rings is 1. The van der Waals surface area contributed by atoms with Gasteiger partial charge in [0.2, 0.25) is 10.0 Å². The molecule has 6 heteroatoms. The first kappa shape index (κ1) is 16.6. The number of pyridine rings is 1. The Balaban J connectivity index is 2.04. The molecule has 118 valence electrons. The van der Waals surface area contributed by atoms with Gasteiger partial charge in [0.15, 0.2) is 0 Å². The van der Waals surface area contributed by atoms with Gasteiger partial charge < -0.3 is 0 Å². The third kappa shape index (κ3) is 4.11. The fourth-order valence-electron chi connectivity index (χ4n) is 1.89. The van der Waals surface area contributed by atoms with Crippen molar-refractivity contribution < 1.29 is 12.8 Å². The van der Waals surface area contributed by atoms with E-state index in [2.05, 4.69) is 9.71 Å². The van der Waals surface area contributed by atoms with E-state index in [0.29, 0.717) is 5.56 Å². The predicted molar refractivity (Wildman–Crippen MR) is 85.6 cm³/mol. The normalized spacial score (nSPS) is 13.3. The lowest BCUT2D eigenvalue weighted by Crippen LogP contribution is -2.33. The minimum atomic E-state index is -3.45. The first-order valence-electron chi connectivity index (χ1n) is 7.03. The highest BCUT2D eigenvalue weighted by Gasteiger charge is 2.18. The SMILES string of the molecule is CC(C)S(=O)(=O)NCC(F)c1ccc(-c2cccnc2)cc1. The van der Waals surface area contributed by atoms with E-state index in [1.165, 1.54) is 0 Å². The molecule has 1 unspecified atom stereocenters. The molecule has 0 aliphatic carbocycles. The summed E-state index contributed by atoms with van der Waals surface area (Å²) >= 11 is 0. The van der Waals surface area contributed by atoms with Crippen molar-refractivity contribution in [2.45, 2.75) is 25.3 Å². The highest BCUT2D eigenvalue weighted by atomic mass is 32.2. The molecule has 0 fully saturated rings. The molecule has 0 aliphatic rings. The minimum absolute atomic E-state index is 0.257. The summed E-state index contributed by atoms with van der Waals surface area (Å²) in [5.41, 5.74) is 2.33. The molecule has 0 radical (unpaired) electrons. The van der Waals surface area contributed by atoms with Crippen LogP contribution in [0.3, 0.4) is 0 Å². The molecular formula is C16H19FN2O2S. The third-order valence-electron chi connectivity index (χ3n) is 3.35. The summed E-state index contributed by atoms with van der Waals surface area (Å²) in [5.74, 6) is 0. The summed E-state index contributed by atoms with van der Waals surface area (Å²) in [4.78, 5) is 4.04. The topological polar surface area (TPSA) is 59.1 Å². The lowest BCUT2D eigenvalue weighted by molar-refractivity contribution is 0.343. The standard InChI is InChI=1S/C16H19FN2O2S/c1-12(2)22(20,21)19-11-16(17)14-7-5-13(6-8-14)15-4-3-9-18-10-15/h3-10,12,16,19H,11H2,1-2H3. The molecule has 4 nitrogen and oxygen atoms in total. The minimum Gasteiger partial charge on any atom is -0.264 e. The monoisotopic (exact) mass is 322 g/mol. The molecule has 2 rings (SSSR count). The summed E-state index contributed by atoms with van der Waals surface area (Å²) in [5, 5.41) is -0.576. The van der Waals surface area contributed by atoms with Crippen LogP contribution in [-0.2, 0) is 10.0 Å². The lowest BCUT2D eigenvalue weighted by atomic mass is 10.0. The third-order valence-corrected chi connectivity index (χ3v) is 5.16. The number of halogens is 1. The zero-order chi connectivity index (χ0) is 16.2. The number of sulfonamides is 1. The summed E-state index contributed by atoms with van der Waals surface area (Å²) in [6.45, 7) is 2.85. The molecule has 1 N–H and O–H groups in total. The van der Waals surface area contributed by atoms with Gasteiger partial charge in [-0.2, -0.15) is 0 Å². The van der Waals surface area contributed by atoms with Crippen LogP contribution in [0.2, 0.25) is 0 Å². The van der Waals surface area contributed by atoms with Crippen LogP contribution in [0, 0.1) is 0 Å². The van der Waals surface area contributed by atoms with Crippen LogP contribution < -0.4 is 4.72 Å². The van der Waals surface area contributed by atoms with Gasteiger partial charge in [0.25, 0.3) is 0 Å². The molecule has 0 aliphatic heterocycles. The molecule has 1 heterocycles. The largest absolute Gasteiger partial charge is 0.264 e. The molecular weight excluding hydrogens is 303 g/mol. The number of hydrogen-bond donors (Lipinski definition) is 1. The maximum absolute atomic E-state index is 14.1. The van der Waals surface area contributed by atoms with Gasteiger partial charge in [0.05, 0.1) is 5.25 Å². The van der Waals surface area contributed by atoms with Crippen LogP contribution in [0.4, 0.5) is 4.39 Å². The van der Waals surface area contributed by atoms with Gasteiger partial charge in [-0.3, -0.25) is 4.98 Å².